The Kier molecular flexibility index (Phi) is 4.69. The van der Waals surface area contributed by atoms with Crippen molar-refractivity contribution in [2.75, 3.05) is 26.2 Å². The van der Waals surface area contributed by atoms with E-state index in [2.05, 4.69) is 41.3 Å². The fourth-order valence-corrected chi connectivity index (χ4v) is 5.00. The minimum atomic E-state index is -0.188. The number of rotatable bonds is 3. The van der Waals surface area contributed by atoms with Gasteiger partial charge in [-0.25, -0.2) is 0 Å². The second kappa shape index (κ2) is 7.34. The molecule has 4 heteroatoms. The molecular weight excluding hydrogens is 348 g/mol. The Morgan fingerprint density at radius 2 is 1.64 bits per heavy atom. The number of nitrogens with zero attached hydrogens (tertiary/aromatic N) is 2. The first kappa shape index (κ1) is 17.9. The lowest BCUT2D eigenvalue weighted by Gasteiger charge is -2.39. The van der Waals surface area contributed by atoms with Crippen molar-refractivity contribution >= 4 is 5.91 Å². The van der Waals surface area contributed by atoms with Gasteiger partial charge >= 0.3 is 0 Å². The van der Waals surface area contributed by atoms with Crippen LogP contribution in [-0.4, -0.2) is 41.9 Å². The van der Waals surface area contributed by atoms with Crippen LogP contribution in [-0.2, 0) is 23.5 Å². The number of hydrogen-bond acceptors (Lipinski definition) is 3. The smallest absolute Gasteiger partial charge is 0.253 e. The highest BCUT2D eigenvalue weighted by Crippen LogP contribution is 2.44. The van der Waals surface area contributed by atoms with Gasteiger partial charge < -0.3 is 9.64 Å². The molecule has 3 aliphatic heterocycles. The van der Waals surface area contributed by atoms with Crippen LogP contribution in [0, 0.1) is 0 Å². The van der Waals surface area contributed by atoms with E-state index in [1.807, 2.05) is 17.0 Å². The van der Waals surface area contributed by atoms with Crippen LogP contribution in [0.4, 0.5) is 0 Å². The molecule has 3 aliphatic rings. The maximum atomic E-state index is 13.0. The lowest BCUT2D eigenvalue weighted by molar-refractivity contribution is -0.0741. The third kappa shape index (κ3) is 3.25. The molecule has 1 spiro atoms. The van der Waals surface area contributed by atoms with Gasteiger partial charge in [0.2, 0.25) is 0 Å². The van der Waals surface area contributed by atoms with Crippen LogP contribution in [0.3, 0.4) is 0 Å². The second-order valence-electron chi connectivity index (χ2n) is 8.41. The number of ether oxygens (including phenoxy) is 1. The quantitative estimate of drug-likeness (QED) is 0.813. The molecule has 0 aliphatic carbocycles. The monoisotopic (exact) mass is 376 g/mol. The number of benzene rings is 2. The Labute approximate surface area is 167 Å². The zero-order valence-electron chi connectivity index (χ0n) is 16.4. The lowest BCUT2D eigenvalue weighted by Crippen LogP contribution is -2.45. The summed E-state index contributed by atoms with van der Waals surface area (Å²) in [5.74, 6) is 0.147. The van der Waals surface area contributed by atoms with Gasteiger partial charge in [-0.2, -0.15) is 0 Å². The summed E-state index contributed by atoms with van der Waals surface area (Å²) in [5.41, 5.74) is 4.54. The van der Waals surface area contributed by atoms with E-state index in [-0.39, 0.29) is 11.5 Å². The second-order valence-corrected chi connectivity index (χ2v) is 8.41. The van der Waals surface area contributed by atoms with Gasteiger partial charge in [0.05, 0.1) is 12.2 Å². The Balaban J connectivity index is 1.22. The summed E-state index contributed by atoms with van der Waals surface area (Å²) in [4.78, 5) is 17.5. The summed E-state index contributed by atoms with van der Waals surface area (Å²) < 4.78 is 6.22. The molecule has 2 fully saturated rings. The zero-order chi connectivity index (χ0) is 19.0. The molecule has 146 valence electrons. The van der Waals surface area contributed by atoms with Crippen LogP contribution >= 0.6 is 0 Å². The van der Waals surface area contributed by atoms with E-state index < -0.39 is 0 Å². The molecule has 3 heterocycles. The fourth-order valence-electron chi connectivity index (χ4n) is 5.00. The van der Waals surface area contributed by atoms with Gasteiger partial charge in [-0.15, -0.1) is 0 Å². The highest BCUT2D eigenvalue weighted by molar-refractivity contribution is 5.94. The van der Waals surface area contributed by atoms with Gasteiger partial charge in [0.15, 0.2) is 0 Å². The lowest BCUT2D eigenvalue weighted by atomic mass is 9.83. The standard InChI is InChI=1S/C24H28N2O2/c27-23(20-9-7-19(8-10-20)17-25-13-3-4-14-25)26-15-11-24(12-16-26)22-6-2-1-5-21(22)18-28-24/h1-2,5-10H,3-4,11-18H2. The number of piperidine rings is 1. The summed E-state index contributed by atoms with van der Waals surface area (Å²) in [6, 6.07) is 16.8. The van der Waals surface area contributed by atoms with E-state index in [0.29, 0.717) is 6.61 Å². The van der Waals surface area contributed by atoms with Crippen LogP contribution in [0.5, 0.6) is 0 Å². The first-order valence-corrected chi connectivity index (χ1v) is 10.6. The number of fused-ring (bicyclic) bond motifs is 2. The maximum absolute atomic E-state index is 13.0. The first-order chi connectivity index (χ1) is 13.7. The van der Waals surface area contributed by atoms with E-state index in [4.69, 9.17) is 4.74 Å². The van der Waals surface area contributed by atoms with Crippen molar-refractivity contribution in [3.63, 3.8) is 0 Å². The summed E-state index contributed by atoms with van der Waals surface area (Å²) >= 11 is 0. The molecule has 0 radical (unpaired) electrons. The number of carbonyl (C=O) groups is 1. The van der Waals surface area contributed by atoms with Gasteiger partial charge in [0, 0.05) is 25.2 Å². The molecule has 2 aromatic carbocycles. The molecule has 0 bridgehead atoms. The molecule has 0 unspecified atom stereocenters. The topological polar surface area (TPSA) is 32.8 Å². The molecule has 4 nitrogen and oxygen atoms in total. The molecule has 0 saturated carbocycles. The normalized spacial score (nSPS) is 21.2. The number of carbonyl (C=O) groups excluding carboxylic acids is 1. The SMILES string of the molecule is O=C(c1ccc(CN2CCCC2)cc1)N1CCC2(CC1)OCc1ccccc12. The number of likely N-dealkylation sites (tertiary alicyclic amines) is 2. The molecule has 0 atom stereocenters. The van der Waals surface area contributed by atoms with Crippen molar-refractivity contribution in [3.8, 4) is 0 Å². The summed E-state index contributed by atoms with van der Waals surface area (Å²) in [5, 5.41) is 0. The third-order valence-electron chi connectivity index (χ3n) is 6.68. The fraction of sp³-hybridized carbons (Fsp3) is 0.458. The van der Waals surface area contributed by atoms with Crippen LogP contribution in [0.2, 0.25) is 0 Å². The Bertz CT molecular complexity index is 847. The first-order valence-electron chi connectivity index (χ1n) is 10.6. The van der Waals surface area contributed by atoms with Gasteiger partial charge in [0.1, 0.15) is 0 Å². The predicted molar refractivity (Wildman–Crippen MR) is 109 cm³/mol. The van der Waals surface area contributed by atoms with Crippen LogP contribution in [0.1, 0.15) is 52.7 Å². The third-order valence-corrected chi connectivity index (χ3v) is 6.68. The average Bonchev–Trinajstić information content (AvgIpc) is 3.38. The number of hydrogen-bond donors (Lipinski definition) is 0. The van der Waals surface area contributed by atoms with Gasteiger partial charge in [0.25, 0.3) is 5.91 Å². The average molecular weight is 377 g/mol. The summed E-state index contributed by atoms with van der Waals surface area (Å²) in [6.07, 6.45) is 4.37. The van der Waals surface area contributed by atoms with E-state index >= 15 is 0 Å². The number of amides is 1. The van der Waals surface area contributed by atoms with Crippen molar-refractivity contribution in [1.82, 2.24) is 9.80 Å². The maximum Gasteiger partial charge on any atom is 0.253 e. The van der Waals surface area contributed by atoms with E-state index in [0.717, 1.165) is 38.0 Å². The molecule has 2 aromatic rings. The van der Waals surface area contributed by atoms with E-state index in [1.165, 1.54) is 42.6 Å². The van der Waals surface area contributed by atoms with Crippen molar-refractivity contribution in [3.05, 3.63) is 70.8 Å². The minimum Gasteiger partial charge on any atom is -0.365 e. The Morgan fingerprint density at radius 1 is 0.929 bits per heavy atom. The van der Waals surface area contributed by atoms with Gasteiger partial charge in [-0.1, -0.05) is 36.4 Å². The minimum absolute atomic E-state index is 0.147. The molecule has 0 aromatic heterocycles. The Morgan fingerprint density at radius 3 is 2.39 bits per heavy atom. The van der Waals surface area contributed by atoms with E-state index in [9.17, 15) is 4.79 Å². The van der Waals surface area contributed by atoms with Gasteiger partial charge in [-0.3, -0.25) is 9.69 Å². The van der Waals surface area contributed by atoms with Crippen molar-refractivity contribution < 1.29 is 9.53 Å². The van der Waals surface area contributed by atoms with E-state index in [1.54, 1.807) is 0 Å². The van der Waals surface area contributed by atoms with Gasteiger partial charge in [-0.05, 0) is 67.6 Å². The largest absolute Gasteiger partial charge is 0.365 e. The molecule has 2 saturated heterocycles. The molecule has 28 heavy (non-hydrogen) atoms. The molecular formula is C24H28N2O2. The van der Waals surface area contributed by atoms with Crippen molar-refractivity contribution in [1.29, 1.82) is 0 Å². The van der Waals surface area contributed by atoms with Crippen LogP contribution in [0.25, 0.3) is 0 Å². The van der Waals surface area contributed by atoms with Crippen molar-refractivity contribution in [2.45, 2.75) is 44.4 Å². The predicted octanol–water partition coefficient (Wildman–Crippen LogP) is 3.94. The molecule has 1 amide bonds. The van der Waals surface area contributed by atoms with Crippen LogP contribution in [0.15, 0.2) is 48.5 Å². The summed E-state index contributed by atoms with van der Waals surface area (Å²) in [6.45, 7) is 5.59. The highest BCUT2D eigenvalue weighted by Gasteiger charge is 2.43. The highest BCUT2D eigenvalue weighted by atomic mass is 16.5. The zero-order valence-corrected chi connectivity index (χ0v) is 16.4. The molecule has 0 N–H and O–H groups in total. The van der Waals surface area contributed by atoms with Crippen LogP contribution < -0.4 is 0 Å². The Hall–Kier alpha value is -2.17. The molecule has 5 rings (SSSR count). The summed E-state index contributed by atoms with van der Waals surface area (Å²) in [7, 11) is 0. The van der Waals surface area contributed by atoms with Crippen molar-refractivity contribution in [2.24, 2.45) is 0 Å².